The number of hydrogen-bond acceptors (Lipinski definition) is 1. The zero-order chi connectivity index (χ0) is 12.6. The van der Waals surface area contributed by atoms with Crippen molar-refractivity contribution in [2.24, 2.45) is 10.9 Å². The van der Waals surface area contributed by atoms with Crippen LogP contribution in [0.4, 0.5) is 0 Å². The van der Waals surface area contributed by atoms with Gasteiger partial charge >= 0.3 is 0 Å². The Labute approximate surface area is 112 Å². The monoisotopic (exact) mass is 251 g/mol. The molecule has 2 aliphatic rings. The summed E-state index contributed by atoms with van der Waals surface area (Å²) >= 11 is 0. The van der Waals surface area contributed by atoms with Gasteiger partial charge in [0.05, 0.1) is 0 Å². The number of guanidine groups is 1. The van der Waals surface area contributed by atoms with Crippen molar-refractivity contribution in [2.75, 3.05) is 26.2 Å². The normalized spacial score (nSPS) is 21.8. The van der Waals surface area contributed by atoms with Gasteiger partial charge in [0.2, 0.25) is 0 Å². The fourth-order valence-corrected chi connectivity index (χ4v) is 3.22. The topological polar surface area (TPSA) is 27.6 Å². The predicted octanol–water partition coefficient (Wildman–Crippen LogP) is 3.02. The van der Waals surface area contributed by atoms with Crippen molar-refractivity contribution in [3.63, 3.8) is 0 Å². The maximum absolute atomic E-state index is 4.79. The minimum absolute atomic E-state index is 0.984. The summed E-state index contributed by atoms with van der Waals surface area (Å²) in [5.41, 5.74) is 0. The predicted molar refractivity (Wildman–Crippen MR) is 78.0 cm³/mol. The lowest BCUT2D eigenvalue weighted by molar-refractivity contribution is 0.476. The molecule has 18 heavy (non-hydrogen) atoms. The van der Waals surface area contributed by atoms with Gasteiger partial charge < -0.3 is 10.2 Å². The molecule has 0 radical (unpaired) electrons. The second-order valence-electron chi connectivity index (χ2n) is 5.72. The van der Waals surface area contributed by atoms with Gasteiger partial charge in [0, 0.05) is 26.2 Å². The first kappa shape index (κ1) is 13.7. The number of nitrogens with one attached hydrogen (secondary N) is 1. The van der Waals surface area contributed by atoms with Crippen molar-refractivity contribution in [1.29, 1.82) is 0 Å². The molecular formula is C15H29N3. The number of rotatable bonds is 5. The van der Waals surface area contributed by atoms with Crippen molar-refractivity contribution in [3.05, 3.63) is 0 Å². The summed E-state index contributed by atoms with van der Waals surface area (Å²) in [6.45, 7) is 6.53. The van der Waals surface area contributed by atoms with Gasteiger partial charge in [0.25, 0.3) is 0 Å². The highest BCUT2D eigenvalue weighted by Gasteiger charge is 2.16. The summed E-state index contributed by atoms with van der Waals surface area (Å²) in [5.74, 6) is 2.16. The van der Waals surface area contributed by atoms with Crippen LogP contribution in [0.1, 0.15) is 58.3 Å². The van der Waals surface area contributed by atoms with Gasteiger partial charge in [0.1, 0.15) is 0 Å². The Morgan fingerprint density at radius 3 is 2.56 bits per heavy atom. The van der Waals surface area contributed by atoms with Gasteiger partial charge in [-0.3, -0.25) is 4.99 Å². The summed E-state index contributed by atoms with van der Waals surface area (Å²) in [6, 6.07) is 0. The number of aliphatic imine (C=N–C) groups is 1. The molecule has 0 aromatic carbocycles. The van der Waals surface area contributed by atoms with Crippen LogP contribution in [-0.2, 0) is 0 Å². The zero-order valence-corrected chi connectivity index (χ0v) is 12.0. The molecule has 104 valence electrons. The summed E-state index contributed by atoms with van der Waals surface area (Å²) in [6.07, 6.45) is 11.2. The van der Waals surface area contributed by atoms with E-state index in [4.69, 9.17) is 4.99 Å². The van der Waals surface area contributed by atoms with Crippen LogP contribution in [0.25, 0.3) is 0 Å². The smallest absolute Gasteiger partial charge is 0.193 e. The first-order valence-electron chi connectivity index (χ1n) is 7.93. The molecule has 2 fully saturated rings. The fourth-order valence-electron chi connectivity index (χ4n) is 3.22. The molecule has 1 aliphatic heterocycles. The van der Waals surface area contributed by atoms with Crippen molar-refractivity contribution in [2.45, 2.75) is 58.3 Å². The molecule has 1 N–H and O–H groups in total. The Balaban J connectivity index is 1.69. The molecule has 0 amide bonds. The van der Waals surface area contributed by atoms with E-state index < -0.39 is 0 Å². The van der Waals surface area contributed by atoms with E-state index in [0.717, 1.165) is 25.0 Å². The standard InChI is InChI=1S/C15H29N3/c1-2-16-15(18-12-5-6-13-18)17-11-7-10-14-8-3-4-9-14/h14H,2-13H2,1H3,(H,16,17). The number of hydrogen-bond donors (Lipinski definition) is 1. The highest BCUT2D eigenvalue weighted by molar-refractivity contribution is 5.80. The second kappa shape index (κ2) is 7.65. The minimum Gasteiger partial charge on any atom is -0.357 e. The summed E-state index contributed by atoms with van der Waals surface area (Å²) in [5, 5.41) is 3.43. The third-order valence-electron chi connectivity index (χ3n) is 4.25. The molecule has 0 aromatic heterocycles. The molecule has 0 unspecified atom stereocenters. The Morgan fingerprint density at radius 1 is 1.17 bits per heavy atom. The van der Waals surface area contributed by atoms with Gasteiger partial charge in [-0.25, -0.2) is 0 Å². The fraction of sp³-hybridized carbons (Fsp3) is 0.933. The Kier molecular flexibility index (Phi) is 5.82. The third-order valence-corrected chi connectivity index (χ3v) is 4.25. The van der Waals surface area contributed by atoms with E-state index in [9.17, 15) is 0 Å². The first-order chi connectivity index (χ1) is 8.90. The van der Waals surface area contributed by atoms with E-state index >= 15 is 0 Å². The zero-order valence-electron chi connectivity index (χ0n) is 12.0. The van der Waals surface area contributed by atoms with Gasteiger partial charge in [0.15, 0.2) is 5.96 Å². The highest BCUT2D eigenvalue weighted by Crippen LogP contribution is 2.28. The van der Waals surface area contributed by atoms with Gasteiger partial charge in [-0.05, 0) is 38.5 Å². The van der Waals surface area contributed by atoms with Crippen LogP contribution in [0.5, 0.6) is 0 Å². The summed E-state index contributed by atoms with van der Waals surface area (Å²) in [7, 11) is 0. The third kappa shape index (κ3) is 4.18. The summed E-state index contributed by atoms with van der Waals surface area (Å²) in [4.78, 5) is 7.20. The molecule has 1 saturated carbocycles. The Morgan fingerprint density at radius 2 is 1.89 bits per heavy atom. The van der Waals surface area contributed by atoms with Crippen LogP contribution >= 0.6 is 0 Å². The lowest BCUT2D eigenvalue weighted by Crippen LogP contribution is -2.39. The first-order valence-corrected chi connectivity index (χ1v) is 7.93. The number of likely N-dealkylation sites (tertiary alicyclic amines) is 1. The number of nitrogens with zero attached hydrogens (tertiary/aromatic N) is 2. The van der Waals surface area contributed by atoms with Crippen LogP contribution in [-0.4, -0.2) is 37.0 Å². The van der Waals surface area contributed by atoms with Crippen molar-refractivity contribution in [3.8, 4) is 0 Å². The van der Waals surface area contributed by atoms with Crippen molar-refractivity contribution < 1.29 is 0 Å². The Bertz CT molecular complexity index is 250. The summed E-state index contributed by atoms with van der Waals surface area (Å²) < 4.78 is 0. The average molecular weight is 251 g/mol. The molecule has 1 aliphatic carbocycles. The molecule has 3 nitrogen and oxygen atoms in total. The van der Waals surface area contributed by atoms with E-state index in [1.807, 2.05) is 0 Å². The van der Waals surface area contributed by atoms with Gasteiger partial charge in [-0.1, -0.05) is 25.7 Å². The molecule has 0 aromatic rings. The molecule has 1 saturated heterocycles. The lowest BCUT2D eigenvalue weighted by Gasteiger charge is -2.20. The van der Waals surface area contributed by atoms with E-state index in [0.29, 0.717) is 0 Å². The second-order valence-corrected chi connectivity index (χ2v) is 5.72. The molecule has 0 bridgehead atoms. The quantitative estimate of drug-likeness (QED) is 0.462. The van der Waals surface area contributed by atoms with Gasteiger partial charge in [-0.15, -0.1) is 0 Å². The van der Waals surface area contributed by atoms with Crippen molar-refractivity contribution in [1.82, 2.24) is 10.2 Å². The molecule has 0 spiro atoms. The molecule has 1 heterocycles. The van der Waals surface area contributed by atoms with Crippen LogP contribution in [0.15, 0.2) is 4.99 Å². The van der Waals surface area contributed by atoms with E-state index in [2.05, 4.69) is 17.1 Å². The van der Waals surface area contributed by atoms with E-state index in [-0.39, 0.29) is 0 Å². The molecule has 3 heteroatoms. The molecular weight excluding hydrogens is 222 g/mol. The SMILES string of the molecule is CCNC(=NCCCC1CCCC1)N1CCCC1. The molecule has 2 rings (SSSR count). The van der Waals surface area contributed by atoms with E-state index in [1.165, 1.54) is 64.5 Å². The van der Waals surface area contributed by atoms with Crippen LogP contribution < -0.4 is 5.32 Å². The van der Waals surface area contributed by atoms with Crippen LogP contribution in [0.2, 0.25) is 0 Å². The highest BCUT2D eigenvalue weighted by atomic mass is 15.3. The minimum atomic E-state index is 0.984. The Hall–Kier alpha value is -0.730. The van der Waals surface area contributed by atoms with E-state index in [1.54, 1.807) is 0 Å². The van der Waals surface area contributed by atoms with Crippen LogP contribution in [0.3, 0.4) is 0 Å². The maximum Gasteiger partial charge on any atom is 0.193 e. The maximum atomic E-state index is 4.79. The van der Waals surface area contributed by atoms with Crippen LogP contribution in [0, 0.1) is 5.92 Å². The van der Waals surface area contributed by atoms with Crippen molar-refractivity contribution >= 4 is 5.96 Å². The molecule has 0 atom stereocenters. The average Bonchev–Trinajstić information content (AvgIpc) is 3.05. The largest absolute Gasteiger partial charge is 0.357 e. The van der Waals surface area contributed by atoms with Gasteiger partial charge in [-0.2, -0.15) is 0 Å². The lowest BCUT2D eigenvalue weighted by atomic mass is 10.0.